The zero-order chi connectivity index (χ0) is 11.4. The van der Waals surface area contributed by atoms with E-state index in [1.807, 2.05) is 5.12 Å². The summed E-state index contributed by atoms with van der Waals surface area (Å²) in [4.78, 5) is 0. The third-order valence-electron chi connectivity index (χ3n) is 4.79. The van der Waals surface area contributed by atoms with Crippen molar-refractivity contribution in [2.75, 3.05) is 0 Å². The molecule has 0 spiro atoms. The highest BCUT2D eigenvalue weighted by Gasteiger charge is 2.51. The van der Waals surface area contributed by atoms with Gasteiger partial charge in [0, 0.05) is 6.04 Å². The Bertz CT molecular complexity index is 345. The number of hydrazine groups is 4. The molecule has 2 saturated carbocycles. The fourth-order valence-electron chi connectivity index (χ4n) is 3.99. The molecule has 2 aliphatic carbocycles. The van der Waals surface area contributed by atoms with E-state index in [4.69, 9.17) is 0 Å². The highest BCUT2D eigenvalue weighted by molar-refractivity contribution is 5.25. The number of hydrogen-bond donors (Lipinski definition) is 5. The Hall–Kier alpha value is -0.500. The Morgan fingerprint density at radius 2 is 2.12 bits per heavy atom. The molecular formula is C11H20N6. The van der Waals surface area contributed by atoms with Gasteiger partial charge < -0.3 is 0 Å². The molecule has 0 aromatic heterocycles. The van der Waals surface area contributed by atoms with Crippen LogP contribution in [0.15, 0.2) is 12.2 Å². The molecular weight excluding hydrogens is 216 g/mol. The van der Waals surface area contributed by atoms with Crippen molar-refractivity contribution >= 4 is 0 Å². The van der Waals surface area contributed by atoms with Gasteiger partial charge in [-0.1, -0.05) is 25.0 Å². The van der Waals surface area contributed by atoms with Gasteiger partial charge in [0.25, 0.3) is 0 Å². The van der Waals surface area contributed by atoms with Crippen LogP contribution in [0, 0.1) is 11.8 Å². The Morgan fingerprint density at radius 3 is 3.06 bits per heavy atom. The number of fused-ring (bicyclic) bond motifs is 4. The van der Waals surface area contributed by atoms with Crippen molar-refractivity contribution in [3.63, 3.8) is 0 Å². The number of hydrogen-bond acceptors (Lipinski definition) is 6. The molecule has 0 aromatic rings. The summed E-state index contributed by atoms with van der Waals surface area (Å²) in [5.74, 6) is 1.48. The summed E-state index contributed by atoms with van der Waals surface area (Å²) in [6.07, 6.45) is 5.52. The molecule has 0 aromatic carbocycles. The van der Waals surface area contributed by atoms with Gasteiger partial charge in [0.15, 0.2) is 6.29 Å². The van der Waals surface area contributed by atoms with E-state index in [1.165, 1.54) is 31.3 Å². The Morgan fingerprint density at radius 1 is 1.24 bits per heavy atom. The quantitative estimate of drug-likeness (QED) is 0.359. The van der Waals surface area contributed by atoms with Gasteiger partial charge in [0.05, 0.1) is 6.04 Å². The molecule has 0 bridgehead atoms. The molecule has 4 rings (SSSR count). The molecule has 4 fully saturated rings. The van der Waals surface area contributed by atoms with Crippen LogP contribution < -0.4 is 27.2 Å². The number of rotatable bonds is 0. The van der Waals surface area contributed by atoms with Gasteiger partial charge in [-0.15, -0.1) is 5.12 Å². The maximum Gasteiger partial charge on any atom is 0.157 e. The molecule has 2 aliphatic heterocycles. The van der Waals surface area contributed by atoms with Gasteiger partial charge in [-0.2, -0.15) is 11.1 Å². The molecule has 2 saturated heterocycles. The van der Waals surface area contributed by atoms with Crippen LogP contribution in [0.25, 0.3) is 0 Å². The predicted molar refractivity (Wildman–Crippen MR) is 63.5 cm³/mol. The lowest BCUT2D eigenvalue weighted by Crippen LogP contribution is -2.70. The van der Waals surface area contributed by atoms with Crippen LogP contribution >= 0.6 is 0 Å². The molecule has 17 heavy (non-hydrogen) atoms. The van der Waals surface area contributed by atoms with Gasteiger partial charge >= 0.3 is 0 Å². The van der Waals surface area contributed by atoms with Crippen LogP contribution in [-0.4, -0.2) is 23.5 Å². The fourth-order valence-corrected chi connectivity index (χ4v) is 3.99. The first kappa shape index (κ1) is 10.4. The lowest BCUT2D eigenvalue weighted by Gasteiger charge is -2.40. The van der Waals surface area contributed by atoms with E-state index >= 15 is 0 Å². The van der Waals surface area contributed by atoms with Crippen molar-refractivity contribution < 1.29 is 0 Å². The van der Waals surface area contributed by atoms with E-state index in [0.717, 1.165) is 5.92 Å². The summed E-state index contributed by atoms with van der Waals surface area (Å²) in [6.45, 7) is 4.34. The lowest BCUT2D eigenvalue weighted by atomic mass is 9.79. The van der Waals surface area contributed by atoms with E-state index in [0.29, 0.717) is 18.0 Å². The summed E-state index contributed by atoms with van der Waals surface area (Å²) in [7, 11) is 0. The van der Waals surface area contributed by atoms with Crippen molar-refractivity contribution in [3.8, 4) is 0 Å². The smallest absolute Gasteiger partial charge is 0.157 e. The first-order chi connectivity index (χ1) is 8.34. The third kappa shape index (κ3) is 1.43. The first-order valence-electron chi connectivity index (χ1n) is 6.61. The Balaban J connectivity index is 1.61. The molecule has 5 unspecified atom stereocenters. The zero-order valence-electron chi connectivity index (χ0n) is 9.87. The van der Waals surface area contributed by atoms with E-state index < -0.39 is 0 Å². The Kier molecular flexibility index (Phi) is 2.30. The Labute approximate surface area is 101 Å². The average Bonchev–Trinajstić information content (AvgIpc) is 2.92. The zero-order valence-corrected chi connectivity index (χ0v) is 9.87. The minimum atomic E-state index is 0.115. The van der Waals surface area contributed by atoms with E-state index in [9.17, 15) is 0 Å². The summed E-state index contributed by atoms with van der Waals surface area (Å²) >= 11 is 0. The van der Waals surface area contributed by atoms with Gasteiger partial charge in [-0.3, -0.25) is 5.32 Å². The molecule has 0 amide bonds. The van der Waals surface area contributed by atoms with Crippen molar-refractivity contribution in [3.05, 3.63) is 12.2 Å². The molecule has 5 atom stereocenters. The highest BCUT2D eigenvalue weighted by Crippen LogP contribution is 2.46. The fraction of sp³-hybridized carbons (Fsp3) is 0.818. The minimum Gasteiger partial charge on any atom is -0.281 e. The van der Waals surface area contributed by atoms with E-state index in [2.05, 4.69) is 33.8 Å². The van der Waals surface area contributed by atoms with Gasteiger partial charge in [-0.25, -0.2) is 10.9 Å². The van der Waals surface area contributed by atoms with E-state index in [-0.39, 0.29) is 6.29 Å². The van der Waals surface area contributed by atoms with Crippen LogP contribution in [-0.2, 0) is 0 Å². The van der Waals surface area contributed by atoms with Crippen molar-refractivity contribution in [2.24, 2.45) is 11.8 Å². The minimum absolute atomic E-state index is 0.115. The highest BCUT2D eigenvalue weighted by atomic mass is 16.0. The summed E-state index contributed by atoms with van der Waals surface area (Å²) in [5, 5.41) is 5.62. The number of nitrogens with zero attached hydrogens (tertiary/aromatic N) is 1. The molecule has 6 nitrogen and oxygen atoms in total. The monoisotopic (exact) mass is 236 g/mol. The topological polar surface area (TPSA) is 63.4 Å². The van der Waals surface area contributed by atoms with Crippen molar-refractivity contribution in [1.82, 2.24) is 32.4 Å². The summed E-state index contributed by atoms with van der Waals surface area (Å²) < 4.78 is 0. The summed E-state index contributed by atoms with van der Waals surface area (Å²) in [5.41, 5.74) is 14.0. The van der Waals surface area contributed by atoms with Crippen LogP contribution in [0.4, 0.5) is 0 Å². The van der Waals surface area contributed by atoms with Crippen LogP contribution in [0.1, 0.15) is 25.7 Å². The maximum absolute atomic E-state index is 4.34. The number of nitrogens with one attached hydrogen (secondary N) is 5. The standard InChI is InChI=1S/C11H20N6/c1-6-7-4-2-3-5-8(7)10-9(6)14-17-11(12-10)13-15-16-17/h7-16H,1-5H2. The third-order valence-corrected chi connectivity index (χ3v) is 4.79. The second kappa shape index (κ2) is 3.74. The van der Waals surface area contributed by atoms with Crippen molar-refractivity contribution in [2.45, 2.75) is 44.1 Å². The van der Waals surface area contributed by atoms with Gasteiger partial charge in [-0.05, 0) is 24.7 Å². The summed E-state index contributed by atoms with van der Waals surface area (Å²) in [6, 6.07) is 0.886. The molecule has 5 N–H and O–H groups in total. The lowest BCUT2D eigenvalue weighted by molar-refractivity contribution is 0.00710. The maximum atomic E-state index is 4.34. The molecule has 2 heterocycles. The van der Waals surface area contributed by atoms with Crippen LogP contribution in [0.2, 0.25) is 0 Å². The largest absolute Gasteiger partial charge is 0.281 e. The second-order valence-corrected chi connectivity index (χ2v) is 5.58. The first-order valence-corrected chi connectivity index (χ1v) is 6.61. The van der Waals surface area contributed by atoms with E-state index in [1.54, 1.807) is 0 Å². The van der Waals surface area contributed by atoms with Crippen LogP contribution in [0.5, 0.6) is 0 Å². The molecule has 0 radical (unpaired) electrons. The van der Waals surface area contributed by atoms with Crippen molar-refractivity contribution in [1.29, 1.82) is 0 Å². The normalized spacial score (nSPS) is 49.9. The predicted octanol–water partition coefficient (Wildman–Crippen LogP) is -0.679. The second-order valence-electron chi connectivity index (χ2n) is 5.58. The average molecular weight is 236 g/mol. The SMILES string of the molecule is C=C1C2CCCCC2C2NC3NNNN3NC12. The van der Waals surface area contributed by atoms with Gasteiger partial charge in [0.2, 0.25) is 0 Å². The molecule has 4 aliphatic rings. The van der Waals surface area contributed by atoms with Crippen LogP contribution in [0.3, 0.4) is 0 Å². The molecule has 94 valence electrons. The molecule has 6 heteroatoms. The van der Waals surface area contributed by atoms with Gasteiger partial charge in [0.1, 0.15) is 0 Å².